The number of carboxylic acid groups (broad SMARTS) is 1. The van der Waals surface area contributed by atoms with Crippen LogP contribution in [0.2, 0.25) is 0 Å². The number of hydrogen-bond acceptors (Lipinski definition) is 10. The number of allylic oxidation sites excluding steroid dienone is 1. The monoisotopic (exact) mass is 500 g/mol. The van der Waals surface area contributed by atoms with Crippen LogP contribution >= 0.6 is 23.3 Å². The van der Waals surface area contributed by atoms with Crippen molar-refractivity contribution in [3.8, 4) is 0 Å². The van der Waals surface area contributed by atoms with Gasteiger partial charge in [0.1, 0.15) is 17.1 Å². The Morgan fingerprint density at radius 1 is 1.45 bits per heavy atom. The van der Waals surface area contributed by atoms with Crippen LogP contribution in [0.3, 0.4) is 0 Å². The Bertz CT molecular complexity index is 1050. The minimum atomic E-state index is -1.29. The summed E-state index contributed by atoms with van der Waals surface area (Å²) in [4.78, 5) is 46.7. The number of aliphatic carboxylic acids is 1. The van der Waals surface area contributed by atoms with Gasteiger partial charge in [-0.15, -0.1) is 11.8 Å². The highest BCUT2D eigenvalue weighted by Crippen LogP contribution is 2.40. The molecule has 33 heavy (non-hydrogen) atoms. The lowest BCUT2D eigenvalue weighted by Gasteiger charge is -2.49. The number of carbonyl (C=O) groups excluding carboxylic acids is 2. The fourth-order valence-electron chi connectivity index (χ4n) is 3.10. The molecule has 3 rings (SSSR count). The summed E-state index contributed by atoms with van der Waals surface area (Å²) in [5.41, 5.74) is 5.46. The number of thioether (sulfide) groups is 1. The molecule has 3 heterocycles. The van der Waals surface area contributed by atoms with Crippen LogP contribution in [-0.4, -0.2) is 99.1 Å². The molecular weight excluding hydrogens is 477 g/mol. The number of hydrogen-bond donors (Lipinski definition) is 3. The Morgan fingerprint density at radius 2 is 2.18 bits per heavy atom. The molecule has 0 spiro atoms. The van der Waals surface area contributed by atoms with Crippen LogP contribution in [0.4, 0.5) is 9.52 Å². The fraction of sp³-hybridized carbons (Fsp3) is 0.444. The summed E-state index contributed by atoms with van der Waals surface area (Å²) >= 11 is 2.12. The summed E-state index contributed by atoms with van der Waals surface area (Å²) in [5, 5.41) is 15.0. The number of rotatable bonds is 9. The van der Waals surface area contributed by atoms with Gasteiger partial charge in [-0.3, -0.25) is 14.5 Å². The topological polar surface area (TPSA) is 160 Å². The number of nitrogens with zero attached hydrogens (tertiary/aromatic N) is 5. The van der Waals surface area contributed by atoms with Crippen molar-refractivity contribution in [3.05, 3.63) is 29.2 Å². The number of quaternary nitrogens is 1. The second-order valence-electron chi connectivity index (χ2n) is 8.05. The van der Waals surface area contributed by atoms with E-state index in [9.17, 15) is 23.9 Å². The van der Waals surface area contributed by atoms with E-state index in [0.29, 0.717) is 22.4 Å². The first-order valence-corrected chi connectivity index (χ1v) is 11.4. The van der Waals surface area contributed by atoms with Gasteiger partial charge in [0.15, 0.2) is 5.13 Å². The molecule has 0 unspecified atom stereocenters. The number of nitrogen functional groups attached to an aromatic ring is 1. The van der Waals surface area contributed by atoms with Crippen LogP contribution in [-0.2, 0) is 19.2 Å². The zero-order chi connectivity index (χ0) is 24.3. The zero-order valence-corrected chi connectivity index (χ0v) is 19.7. The Hall–Kier alpha value is -3.04. The van der Waals surface area contributed by atoms with Crippen molar-refractivity contribution in [1.82, 2.24) is 19.6 Å². The lowest BCUT2D eigenvalue weighted by Crippen LogP contribution is -2.71. The maximum absolute atomic E-state index is 12.8. The maximum Gasteiger partial charge on any atom is 0.352 e. The Balaban J connectivity index is 1.78. The summed E-state index contributed by atoms with van der Waals surface area (Å²) in [5.74, 6) is -2.55. The van der Waals surface area contributed by atoms with Crippen molar-refractivity contribution < 1.29 is 33.2 Å². The number of fused-ring (bicyclic) bond motifs is 1. The molecule has 2 aliphatic heterocycles. The molecule has 1 aromatic heterocycles. The first-order valence-electron chi connectivity index (χ1n) is 9.58. The molecule has 2 atom stereocenters. The van der Waals surface area contributed by atoms with E-state index in [1.165, 1.54) is 11.8 Å². The highest BCUT2D eigenvalue weighted by molar-refractivity contribution is 8.00. The number of aromatic nitrogens is 2. The second-order valence-corrected chi connectivity index (χ2v) is 9.94. The van der Waals surface area contributed by atoms with E-state index in [0.717, 1.165) is 16.4 Å². The number of nitrogens with one attached hydrogen (secondary N) is 1. The van der Waals surface area contributed by atoms with Gasteiger partial charge in [0.25, 0.3) is 18.7 Å². The molecule has 12 nitrogen and oxygen atoms in total. The van der Waals surface area contributed by atoms with Gasteiger partial charge >= 0.3 is 5.97 Å². The van der Waals surface area contributed by atoms with Crippen molar-refractivity contribution in [3.63, 3.8) is 0 Å². The molecule has 0 radical (unpaired) electrons. The van der Waals surface area contributed by atoms with Crippen LogP contribution in [0, 0.1) is 0 Å². The molecule has 2 amide bonds. The number of carboxylic acids is 1. The molecular formula is C18H23FN7O5S2+. The third-order valence-electron chi connectivity index (χ3n) is 4.53. The van der Waals surface area contributed by atoms with Crippen LogP contribution in [0.25, 0.3) is 0 Å². The zero-order valence-electron chi connectivity index (χ0n) is 18.0. The normalized spacial score (nSPS) is 21.2. The highest BCUT2D eigenvalue weighted by atomic mass is 32.2. The predicted molar refractivity (Wildman–Crippen MR) is 120 cm³/mol. The number of halogens is 1. The first kappa shape index (κ1) is 24.6. The molecule has 0 aliphatic carbocycles. The number of oxime groups is 1. The predicted octanol–water partition coefficient (Wildman–Crippen LogP) is -0.231. The molecule has 1 aromatic rings. The molecule has 0 bridgehead atoms. The van der Waals surface area contributed by atoms with Gasteiger partial charge in [0.2, 0.25) is 11.5 Å². The van der Waals surface area contributed by atoms with E-state index in [1.54, 1.807) is 6.08 Å². The largest absolute Gasteiger partial charge is 0.477 e. The number of carbonyl (C=O) groups is 3. The van der Waals surface area contributed by atoms with Gasteiger partial charge in [-0.25, -0.2) is 9.18 Å². The number of likely N-dealkylation sites (N-methyl/N-ethyl adjacent to an activating group) is 1. The molecule has 2 aliphatic rings. The number of β-lactam (4-membered cyclic amide) rings is 1. The minimum absolute atomic E-state index is 0.0570. The lowest BCUT2D eigenvalue weighted by atomic mass is 10.0. The van der Waals surface area contributed by atoms with E-state index in [2.05, 4.69) is 24.7 Å². The van der Waals surface area contributed by atoms with E-state index in [-0.39, 0.29) is 16.7 Å². The summed E-state index contributed by atoms with van der Waals surface area (Å²) in [7, 11) is 6.00. The number of amides is 2. The third-order valence-corrected chi connectivity index (χ3v) is 6.38. The van der Waals surface area contributed by atoms with Crippen LogP contribution < -0.4 is 11.1 Å². The van der Waals surface area contributed by atoms with Crippen molar-refractivity contribution in [2.75, 3.05) is 46.0 Å². The van der Waals surface area contributed by atoms with Crippen molar-refractivity contribution in [2.45, 2.75) is 11.4 Å². The lowest BCUT2D eigenvalue weighted by molar-refractivity contribution is -0.864. The molecule has 1 fully saturated rings. The Labute approximate surface area is 196 Å². The van der Waals surface area contributed by atoms with Gasteiger partial charge in [0.05, 0.1) is 27.7 Å². The highest BCUT2D eigenvalue weighted by Gasteiger charge is 2.54. The summed E-state index contributed by atoms with van der Waals surface area (Å²) in [6.45, 7) is -0.614. The van der Waals surface area contributed by atoms with E-state index in [4.69, 9.17) is 5.73 Å². The fourth-order valence-corrected chi connectivity index (χ4v) is 4.85. The third kappa shape index (κ3) is 5.48. The van der Waals surface area contributed by atoms with Gasteiger partial charge in [-0.1, -0.05) is 11.2 Å². The van der Waals surface area contributed by atoms with Crippen LogP contribution in [0.15, 0.2) is 28.6 Å². The molecule has 0 aromatic carbocycles. The van der Waals surface area contributed by atoms with Gasteiger partial charge < -0.3 is 25.5 Å². The van der Waals surface area contributed by atoms with Gasteiger partial charge in [-0.2, -0.15) is 9.36 Å². The van der Waals surface area contributed by atoms with Gasteiger partial charge in [0, 0.05) is 17.3 Å². The van der Waals surface area contributed by atoms with Gasteiger partial charge in [-0.05, 0) is 11.6 Å². The quantitative estimate of drug-likeness (QED) is 0.180. The first-order chi connectivity index (χ1) is 15.5. The Morgan fingerprint density at radius 3 is 2.76 bits per heavy atom. The SMILES string of the molecule is C[N+](C)(C)CC=CC1=C(C(=O)O)N2C(=O)[C@@H](NC(=O)C(=NOCF)c3nsc(N)n3)[C@@H]2SC1. The summed E-state index contributed by atoms with van der Waals surface area (Å²) < 4.78 is 16.9. The summed E-state index contributed by atoms with van der Waals surface area (Å²) in [6, 6.07) is -1.01. The number of anilines is 1. The second kappa shape index (κ2) is 9.84. The van der Waals surface area contributed by atoms with E-state index in [1.807, 2.05) is 27.2 Å². The Kier molecular flexibility index (Phi) is 7.34. The van der Waals surface area contributed by atoms with Crippen LogP contribution in [0.1, 0.15) is 5.82 Å². The standard InChI is InChI=1S/C18H22FN7O5S2/c1-26(2,3)6-4-5-9-7-32-16-11(15(28)25(16)12(9)17(29)30)21-14(27)10(23-31-8-19)13-22-18(20)33-24-13/h4-5,11,16H,6-8H2,1-3H3,(H3-,20,21,22,24,27,29,30)/p+1/t11-,16+/m1/s1. The van der Waals surface area contributed by atoms with Crippen molar-refractivity contribution in [2.24, 2.45) is 5.16 Å². The molecule has 1 saturated heterocycles. The molecule has 0 saturated carbocycles. The number of nitrogens with two attached hydrogens (primary N) is 1. The van der Waals surface area contributed by atoms with Crippen LogP contribution in [0.5, 0.6) is 0 Å². The smallest absolute Gasteiger partial charge is 0.352 e. The average molecular weight is 501 g/mol. The van der Waals surface area contributed by atoms with Crippen molar-refractivity contribution in [1.29, 1.82) is 0 Å². The van der Waals surface area contributed by atoms with E-state index >= 15 is 0 Å². The average Bonchev–Trinajstić information content (AvgIpc) is 3.16. The molecule has 178 valence electrons. The maximum atomic E-state index is 12.8. The number of alkyl halides is 1. The molecule has 15 heteroatoms. The minimum Gasteiger partial charge on any atom is -0.477 e. The molecule has 4 N–H and O–H groups in total. The van der Waals surface area contributed by atoms with E-state index < -0.39 is 41.8 Å². The van der Waals surface area contributed by atoms with Crippen molar-refractivity contribution >= 4 is 51.9 Å². The summed E-state index contributed by atoms with van der Waals surface area (Å²) in [6.07, 6.45) is 3.58.